The number of anilines is 1. The molecule has 0 spiro atoms. The first-order chi connectivity index (χ1) is 14.6. The van der Waals surface area contributed by atoms with Crippen molar-refractivity contribution in [3.63, 3.8) is 0 Å². The summed E-state index contributed by atoms with van der Waals surface area (Å²) in [5.74, 6) is 0.376. The zero-order valence-electron chi connectivity index (χ0n) is 18.3. The number of aryl methyl sites for hydroxylation is 1. The van der Waals surface area contributed by atoms with Crippen LogP contribution in [0.4, 0.5) is 5.69 Å². The van der Waals surface area contributed by atoms with Crippen LogP contribution in [0, 0.1) is 6.92 Å². The molecule has 0 saturated carbocycles. The molecule has 0 fully saturated rings. The maximum atomic E-state index is 13.0. The van der Waals surface area contributed by atoms with Gasteiger partial charge in [-0.1, -0.05) is 49.7 Å². The Kier molecular flexibility index (Phi) is 6.86. The lowest BCUT2D eigenvalue weighted by atomic mass is 9.83. The van der Waals surface area contributed by atoms with Gasteiger partial charge in [-0.3, -0.25) is 9.10 Å². The van der Waals surface area contributed by atoms with E-state index in [0.717, 1.165) is 40.3 Å². The van der Waals surface area contributed by atoms with Gasteiger partial charge in [0.1, 0.15) is 17.9 Å². The Morgan fingerprint density at radius 2 is 1.90 bits per heavy atom. The molecule has 0 unspecified atom stereocenters. The van der Waals surface area contributed by atoms with Crippen molar-refractivity contribution in [2.24, 2.45) is 0 Å². The van der Waals surface area contributed by atoms with Crippen LogP contribution in [0.25, 0.3) is 0 Å². The molecule has 1 aliphatic heterocycles. The first-order valence-corrected chi connectivity index (χ1v) is 12.6. The summed E-state index contributed by atoms with van der Waals surface area (Å²) in [6.07, 6.45) is 3.32. The van der Waals surface area contributed by atoms with Crippen LogP contribution in [0.1, 0.15) is 50.3 Å². The molecule has 1 heterocycles. The summed E-state index contributed by atoms with van der Waals surface area (Å²) in [7, 11) is -3.70. The molecule has 8 heteroatoms. The molecule has 0 aromatic heterocycles. The van der Waals surface area contributed by atoms with E-state index in [1.54, 1.807) is 25.1 Å². The van der Waals surface area contributed by atoms with E-state index in [1.807, 2.05) is 24.3 Å². The van der Waals surface area contributed by atoms with E-state index in [0.29, 0.717) is 17.1 Å². The molecule has 2 aromatic rings. The van der Waals surface area contributed by atoms with Crippen LogP contribution in [0.3, 0.4) is 0 Å². The van der Waals surface area contributed by atoms with Crippen LogP contribution in [-0.4, -0.2) is 32.7 Å². The lowest BCUT2D eigenvalue weighted by Gasteiger charge is -2.41. The second-order valence-electron chi connectivity index (χ2n) is 8.05. The highest BCUT2D eigenvalue weighted by Crippen LogP contribution is 2.42. The minimum absolute atomic E-state index is 0.265. The molecule has 3 rings (SSSR count). The summed E-state index contributed by atoms with van der Waals surface area (Å²) >= 11 is 6.09. The number of rotatable bonds is 7. The Labute approximate surface area is 189 Å². The molecular formula is C23H29ClN2O4S. The van der Waals surface area contributed by atoms with Gasteiger partial charge in [-0.15, -0.1) is 0 Å². The minimum Gasteiger partial charge on any atom is -0.487 e. The van der Waals surface area contributed by atoms with Crippen molar-refractivity contribution in [2.75, 3.05) is 17.1 Å². The van der Waals surface area contributed by atoms with Crippen LogP contribution in [0.15, 0.2) is 42.5 Å². The number of benzene rings is 2. The summed E-state index contributed by atoms with van der Waals surface area (Å²) in [5, 5.41) is 3.45. The number of carbonyl (C=O) groups is 1. The van der Waals surface area contributed by atoms with Gasteiger partial charge in [0.2, 0.25) is 15.9 Å². The Morgan fingerprint density at radius 1 is 1.23 bits per heavy atom. The van der Waals surface area contributed by atoms with Gasteiger partial charge in [0.05, 0.1) is 18.0 Å². The van der Waals surface area contributed by atoms with E-state index in [2.05, 4.69) is 19.2 Å². The molecule has 0 saturated heterocycles. The lowest BCUT2D eigenvalue weighted by molar-refractivity contribution is -0.121. The van der Waals surface area contributed by atoms with Crippen molar-refractivity contribution in [2.45, 2.75) is 51.7 Å². The highest BCUT2D eigenvalue weighted by Gasteiger charge is 2.39. The van der Waals surface area contributed by atoms with Gasteiger partial charge in [-0.25, -0.2) is 8.42 Å². The molecule has 2 aromatic carbocycles. The number of ether oxygens (including phenoxy) is 1. The number of hydrogen-bond acceptors (Lipinski definition) is 4. The number of nitrogens with zero attached hydrogens (tertiary/aromatic N) is 1. The van der Waals surface area contributed by atoms with Crippen LogP contribution < -0.4 is 14.4 Å². The maximum Gasteiger partial charge on any atom is 0.241 e. The third-order valence-electron chi connectivity index (χ3n) is 5.95. The van der Waals surface area contributed by atoms with Crippen LogP contribution in [0.2, 0.25) is 5.02 Å². The standard InChI is InChI=1S/C23H29ClN2O4S/c1-5-23(6-2)14-19(18-9-7-8-10-21(18)30-23)25-22(27)15-26(31(4,28)29)20-13-17(24)12-11-16(20)3/h7-13,19H,5-6,14-15H2,1-4H3,(H,25,27)/t19-/m0/s1. The SMILES string of the molecule is CCC1(CC)C[C@H](NC(=O)CN(c2cc(Cl)ccc2C)S(C)(=O)=O)c2ccccc2O1. The van der Waals surface area contributed by atoms with E-state index in [-0.39, 0.29) is 24.1 Å². The number of fused-ring (bicyclic) bond motifs is 1. The monoisotopic (exact) mass is 464 g/mol. The Morgan fingerprint density at radius 3 is 2.55 bits per heavy atom. The van der Waals surface area contributed by atoms with E-state index >= 15 is 0 Å². The minimum atomic E-state index is -3.70. The van der Waals surface area contributed by atoms with Gasteiger partial charge in [0, 0.05) is 17.0 Å². The largest absolute Gasteiger partial charge is 0.487 e. The number of sulfonamides is 1. The van der Waals surface area contributed by atoms with E-state index in [1.165, 1.54) is 0 Å². The van der Waals surface area contributed by atoms with Gasteiger partial charge in [-0.05, 0) is 43.5 Å². The van der Waals surface area contributed by atoms with Gasteiger partial charge in [0.25, 0.3) is 0 Å². The van der Waals surface area contributed by atoms with Crippen molar-refractivity contribution in [1.82, 2.24) is 5.32 Å². The first-order valence-electron chi connectivity index (χ1n) is 10.4. The number of nitrogens with one attached hydrogen (secondary N) is 1. The molecule has 6 nitrogen and oxygen atoms in total. The lowest BCUT2D eigenvalue weighted by Crippen LogP contribution is -2.47. The van der Waals surface area contributed by atoms with Crippen molar-refractivity contribution in [3.8, 4) is 5.75 Å². The normalized spacial score (nSPS) is 17.4. The molecule has 0 aliphatic carbocycles. The van der Waals surface area contributed by atoms with Gasteiger partial charge >= 0.3 is 0 Å². The molecule has 1 atom stereocenters. The highest BCUT2D eigenvalue weighted by atomic mass is 35.5. The topological polar surface area (TPSA) is 75.7 Å². The van der Waals surface area contributed by atoms with Crippen LogP contribution >= 0.6 is 11.6 Å². The molecule has 0 bridgehead atoms. The molecule has 1 aliphatic rings. The quantitative estimate of drug-likeness (QED) is 0.649. The summed E-state index contributed by atoms with van der Waals surface area (Å²) < 4.78 is 32.4. The first kappa shape index (κ1) is 23.4. The van der Waals surface area contributed by atoms with Crippen LogP contribution in [-0.2, 0) is 14.8 Å². The molecule has 168 valence electrons. The van der Waals surface area contributed by atoms with Crippen molar-refractivity contribution < 1.29 is 17.9 Å². The van der Waals surface area contributed by atoms with Crippen molar-refractivity contribution in [3.05, 3.63) is 58.6 Å². The number of hydrogen-bond donors (Lipinski definition) is 1. The fourth-order valence-corrected chi connectivity index (χ4v) is 5.10. The zero-order chi connectivity index (χ0) is 22.8. The molecule has 1 N–H and O–H groups in total. The van der Waals surface area contributed by atoms with Crippen molar-refractivity contribution >= 4 is 33.2 Å². The van der Waals surface area contributed by atoms with E-state index in [9.17, 15) is 13.2 Å². The van der Waals surface area contributed by atoms with Crippen LogP contribution in [0.5, 0.6) is 5.75 Å². The highest BCUT2D eigenvalue weighted by molar-refractivity contribution is 7.92. The van der Waals surface area contributed by atoms with E-state index < -0.39 is 10.0 Å². The summed E-state index contributed by atoms with van der Waals surface area (Å²) in [5.41, 5.74) is 1.65. The number of halogens is 1. The predicted molar refractivity (Wildman–Crippen MR) is 124 cm³/mol. The van der Waals surface area contributed by atoms with Crippen molar-refractivity contribution in [1.29, 1.82) is 0 Å². The number of para-hydroxylation sites is 1. The number of amides is 1. The fraction of sp³-hybridized carbons (Fsp3) is 0.435. The van der Waals surface area contributed by atoms with Gasteiger partial charge < -0.3 is 10.1 Å². The summed E-state index contributed by atoms with van der Waals surface area (Å²) in [6, 6.07) is 12.4. The average Bonchev–Trinajstić information content (AvgIpc) is 2.73. The maximum absolute atomic E-state index is 13.0. The Hall–Kier alpha value is -2.25. The molecule has 1 amide bonds. The Balaban J connectivity index is 1.88. The molecular weight excluding hydrogens is 436 g/mol. The van der Waals surface area contributed by atoms with E-state index in [4.69, 9.17) is 16.3 Å². The summed E-state index contributed by atoms with van der Waals surface area (Å²) in [4.78, 5) is 13.0. The third-order valence-corrected chi connectivity index (χ3v) is 7.31. The second-order valence-corrected chi connectivity index (χ2v) is 10.4. The summed E-state index contributed by atoms with van der Waals surface area (Å²) in [6.45, 7) is 5.60. The van der Waals surface area contributed by atoms with Gasteiger partial charge in [0.15, 0.2) is 0 Å². The number of carbonyl (C=O) groups excluding carboxylic acids is 1. The fourth-order valence-electron chi connectivity index (χ4n) is 4.03. The zero-order valence-corrected chi connectivity index (χ0v) is 19.9. The molecule has 0 radical (unpaired) electrons. The Bertz CT molecular complexity index is 1070. The second kappa shape index (κ2) is 9.09. The predicted octanol–water partition coefficient (Wildman–Crippen LogP) is 4.61. The third kappa shape index (κ3) is 5.15. The molecule has 31 heavy (non-hydrogen) atoms. The van der Waals surface area contributed by atoms with Gasteiger partial charge in [-0.2, -0.15) is 0 Å². The average molecular weight is 465 g/mol. The smallest absolute Gasteiger partial charge is 0.241 e.